The summed E-state index contributed by atoms with van der Waals surface area (Å²) in [5.74, 6) is 0.115. The molecule has 40 heavy (non-hydrogen) atoms. The second kappa shape index (κ2) is 12.5. The fourth-order valence-corrected chi connectivity index (χ4v) is 6.00. The van der Waals surface area contributed by atoms with Crippen LogP contribution in [0.15, 0.2) is 109 Å². The van der Waals surface area contributed by atoms with Gasteiger partial charge in [-0.1, -0.05) is 84.9 Å². The van der Waals surface area contributed by atoms with Crippen LogP contribution in [0.25, 0.3) is 0 Å². The molecular weight excluding hydrogens is 492 g/mol. The Kier molecular flexibility index (Phi) is 8.22. The van der Waals surface area contributed by atoms with Crippen LogP contribution in [-0.4, -0.2) is 67.9 Å². The molecule has 0 unspecified atom stereocenters. The van der Waals surface area contributed by atoms with E-state index in [2.05, 4.69) is 105 Å². The first kappa shape index (κ1) is 26.3. The maximum Gasteiger partial charge on any atom is 0.197 e. The zero-order chi connectivity index (χ0) is 27.1. The van der Waals surface area contributed by atoms with Gasteiger partial charge in [0.05, 0.1) is 0 Å². The third-order valence-electron chi connectivity index (χ3n) is 8.22. The largest absolute Gasteiger partial charge is 0.368 e. The van der Waals surface area contributed by atoms with Crippen LogP contribution in [0.2, 0.25) is 0 Å². The number of carbonyl (C=O) groups excluding carboxylic acids is 1. The van der Waals surface area contributed by atoms with E-state index in [4.69, 9.17) is 0 Å². The van der Waals surface area contributed by atoms with E-state index in [1.807, 2.05) is 24.3 Å². The molecule has 5 heteroatoms. The van der Waals surface area contributed by atoms with Crippen molar-refractivity contribution >= 4 is 17.2 Å². The minimum atomic E-state index is 0.115. The van der Waals surface area contributed by atoms with Crippen LogP contribution in [0.3, 0.4) is 0 Å². The molecule has 5 nitrogen and oxygen atoms in total. The first-order chi connectivity index (χ1) is 19.7. The lowest BCUT2D eigenvalue weighted by Gasteiger charge is -2.37. The van der Waals surface area contributed by atoms with Gasteiger partial charge in [-0.3, -0.25) is 14.6 Å². The van der Waals surface area contributed by atoms with Crippen LogP contribution in [0.5, 0.6) is 0 Å². The van der Waals surface area contributed by atoms with Crippen LogP contribution in [0.1, 0.15) is 27.0 Å². The summed E-state index contributed by atoms with van der Waals surface area (Å²) >= 11 is 0. The van der Waals surface area contributed by atoms with Crippen LogP contribution < -0.4 is 9.80 Å². The van der Waals surface area contributed by atoms with E-state index in [-0.39, 0.29) is 5.78 Å². The van der Waals surface area contributed by atoms with Crippen LogP contribution in [0, 0.1) is 0 Å². The molecule has 2 heterocycles. The lowest BCUT2D eigenvalue weighted by atomic mass is 9.98. The lowest BCUT2D eigenvalue weighted by Crippen LogP contribution is -2.46. The van der Waals surface area contributed by atoms with Crippen molar-refractivity contribution in [1.29, 1.82) is 0 Å². The predicted octanol–water partition coefficient (Wildman–Crippen LogP) is 5.56. The third-order valence-corrected chi connectivity index (χ3v) is 8.22. The SMILES string of the molecule is O=C(c1ccccc1N1CCN(Cc2ccccc2)CC1)c1ccccc1N1CCN(Cc2ccccc2)CC1. The zero-order valence-corrected chi connectivity index (χ0v) is 23.2. The van der Waals surface area contributed by atoms with E-state index in [0.717, 1.165) is 87.9 Å². The number of nitrogens with zero attached hydrogens (tertiary/aromatic N) is 4. The van der Waals surface area contributed by atoms with Crippen molar-refractivity contribution in [1.82, 2.24) is 9.80 Å². The van der Waals surface area contributed by atoms with E-state index in [1.54, 1.807) is 0 Å². The molecule has 0 N–H and O–H groups in total. The van der Waals surface area contributed by atoms with E-state index in [9.17, 15) is 4.79 Å². The fourth-order valence-electron chi connectivity index (χ4n) is 6.00. The minimum Gasteiger partial charge on any atom is -0.368 e. The van der Waals surface area contributed by atoms with E-state index < -0.39 is 0 Å². The average Bonchev–Trinajstić information content (AvgIpc) is 3.03. The third kappa shape index (κ3) is 6.11. The topological polar surface area (TPSA) is 30.0 Å². The van der Waals surface area contributed by atoms with Crippen molar-refractivity contribution in [2.24, 2.45) is 0 Å². The highest BCUT2D eigenvalue weighted by molar-refractivity contribution is 6.15. The second-order valence-electron chi connectivity index (χ2n) is 10.9. The monoisotopic (exact) mass is 530 g/mol. The number of hydrogen-bond donors (Lipinski definition) is 0. The highest BCUT2D eigenvalue weighted by Gasteiger charge is 2.26. The predicted molar refractivity (Wildman–Crippen MR) is 164 cm³/mol. The highest BCUT2D eigenvalue weighted by atomic mass is 16.1. The van der Waals surface area contributed by atoms with Gasteiger partial charge in [-0.25, -0.2) is 0 Å². The molecule has 0 bridgehead atoms. The number of anilines is 2. The molecule has 204 valence electrons. The van der Waals surface area contributed by atoms with Crippen molar-refractivity contribution in [2.75, 3.05) is 62.2 Å². The lowest BCUT2D eigenvalue weighted by molar-refractivity contribution is 0.103. The van der Waals surface area contributed by atoms with Gasteiger partial charge in [0, 0.05) is 87.9 Å². The Balaban J connectivity index is 1.13. The number of piperazine rings is 2. The first-order valence-electron chi connectivity index (χ1n) is 14.5. The van der Waals surface area contributed by atoms with Gasteiger partial charge in [-0.2, -0.15) is 0 Å². The molecule has 4 aromatic carbocycles. The number of ketones is 1. The van der Waals surface area contributed by atoms with Gasteiger partial charge in [0.2, 0.25) is 0 Å². The number of benzene rings is 4. The van der Waals surface area contributed by atoms with E-state index >= 15 is 0 Å². The summed E-state index contributed by atoms with van der Waals surface area (Å²) in [6, 6.07) is 37.7. The summed E-state index contributed by atoms with van der Waals surface area (Å²) in [7, 11) is 0. The Hall–Kier alpha value is -3.93. The first-order valence-corrected chi connectivity index (χ1v) is 14.5. The molecule has 6 rings (SSSR count). The van der Waals surface area contributed by atoms with Gasteiger partial charge in [-0.05, 0) is 35.4 Å². The minimum absolute atomic E-state index is 0.115. The summed E-state index contributed by atoms with van der Waals surface area (Å²) in [6.07, 6.45) is 0. The molecule has 0 amide bonds. The Morgan fingerprint density at radius 2 is 0.800 bits per heavy atom. The maximum atomic E-state index is 14.1. The smallest absolute Gasteiger partial charge is 0.197 e. The molecule has 0 aromatic heterocycles. The quantitative estimate of drug-likeness (QED) is 0.278. The summed E-state index contributed by atoms with van der Waals surface area (Å²) < 4.78 is 0. The van der Waals surface area contributed by atoms with Crippen molar-refractivity contribution in [3.05, 3.63) is 131 Å². The maximum absolute atomic E-state index is 14.1. The molecule has 4 aromatic rings. The van der Waals surface area contributed by atoms with Crippen molar-refractivity contribution in [2.45, 2.75) is 13.1 Å². The normalized spacial score (nSPS) is 16.7. The van der Waals surface area contributed by atoms with Crippen molar-refractivity contribution < 1.29 is 4.79 Å². The summed E-state index contributed by atoms with van der Waals surface area (Å²) in [5, 5.41) is 0. The highest BCUT2D eigenvalue weighted by Crippen LogP contribution is 2.30. The molecule has 2 saturated heterocycles. The van der Waals surface area contributed by atoms with Gasteiger partial charge in [0.1, 0.15) is 0 Å². The second-order valence-corrected chi connectivity index (χ2v) is 10.9. The van der Waals surface area contributed by atoms with Crippen molar-refractivity contribution in [3.8, 4) is 0 Å². The number of carbonyl (C=O) groups is 1. The molecule has 2 aliphatic heterocycles. The van der Waals surface area contributed by atoms with Crippen LogP contribution >= 0.6 is 0 Å². The summed E-state index contributed by atoms with van der Waals surface area (Å²) in [5.41, 5.74) is 6.40. The molecule has 0 spiro atoms. The van der Waals surface area contributed by atoms with E-state index in [0.29, 0.717) is 0 Å². The summed E-state index contributed by atoms with van der Waals surface area (Å²) in [6.45, 7) is 9.57. The van der Waals surface area contributed by atoms with Gasteiger partial charge < -0.3 is 9.80 Å². The average molecular weight is 531 g/mol. The standard InChI is InChI=1S/C35H38N4O/c40-35(31-15-7-9-17-33(31)38-23-19-36(20-24-38)27-29-11-3-1-4-12-29)32-16-8-10-18-34(32)39-25-21-37(22-26-39)28-30-13-5-2-6-14-30/h1-18H,19-28H2. The molecule has 0 saturated carbocycles. The van der Waals surface area contributed by atoms with E-state index in [1.165, 1.54) is 11.1 Å². The number of hydrogen-bond acceptors (Lipinski definition) is 5. The summed E-state index contributed by atoms with van der Waals surface area (Å²) in [4.78, 5) is 23.9. The molecular formula is C35H38N4O. The van der Waals surface area contributed by atoms with Gasteiger partial charge in [0.25, 0.3) is 0 Å². The number of rotatable bonds is 8. The van der Waals surface area contributed by atoms with Gasteiger partial charge >= 0.3 is 0 Å². The molecule has 2 aliphatic rings. The number of para-hydroxylation sites is 2. The molecule has 2 fully saturated rings. The van der Waals surface area contributed by atoms with Crippen LogP contribution in [0.4, 0.5) is 11.4 Å². The Morgan fingerprint density at radius 1 is 0.450 bits per heavy atom. The van der Waals surface area contributed by atoms with Gasteiger partial charge in [-0.15, -0.1) is 0 Å². The molecule has 0 radical (unpaired) electrons. The van der Waals surface area contributed by atoms with Crippen LogP contribution in [-0.2, 0) is 13.1 Å². The molecule has 0 atom stereocenters. The Morgan fingerprint density at radius 3 is 1.20 bits per heavy atom. The fraction of sp³-hybridized carbons (Fsp3) is 0.286. The zero-order valence-electron chi connectivity index (χ0n) is 23.2. The Bertz CT molecular complexity index is 1280. The van der Waals surface area contributed by atoms with Gasteiger partial charge in [0.15, 0.2) is 5.78 Å². The van der Waals surface area contributed by atoms with Crippen molar-refractivity contribution in [3.63, 3.8) is 0 Å². The molecule has 0 aliphatic carbocycles. The Labute approximate surface area is 238 Å².